The molecule has 2 aromatic carbocycles. The molecule has 0 aliphatic heterocycles. The number of fused-ring (bicyclic) bond motifs is 3. The van der Waals surface area contributed by atoms with Gasteiger partial charge in [0.25, 0.3) is 5.91 Å². The van der Waals surface area contributed by atoms with Gasteiger partial charge in [-0.05, 0) is 22.3 Å². The number of nitrogens with one attached hydrogen (secondary N) is 2. The van der Waals surface area contributed by atoms with E-state index in [0.29, 0.717) is 0 Å². The van der Waals surface area contributed by atoms with Crippen molar-refractivity contribution in [1.82, 2.24) is 10.8 Å². The van der Waals surface area contributed by atoms with Gasteiger partial charge >= 0.3 is 12.1 Å². The second-order valence-electron chi connectivity index (χ2n) is 5.80. The Balaban J connectivity index is 1.57. The van der Waals surface area contributed by atoms with Crippen molar-refractivity contribution in [3.8, 4) is 11.1 Å². The summed E-state index contributed by atoms with van der Waals surface area (Å²) in [5.74, 6) is -1.36. The van der Waals surface area contributed by atoms with Crippen LogP contribution in [0.15, 0.2) is 48.5 Å². The van der Waals surface area contributed by atoms with E-state index in [0.717, 1.165) is 29.2 Å². The molecule has 7 nitrogen and oxygen atoms in total. The second kappa shape index (κ2) is 7.69. The van der Waals surface area contributed by atoms with Gasteiger partial charge in [-0.15, -0.1) is 0 Å². The summed E-state index contributed by atoms with van der Waals surface area (Å²) in [6, 6.07) is 16.0. The fourth-order valence-corrected chi connectivity index (χ4v) is 2.97. The predicted molar refractivity (Wildman–Crippen MR) is 93.0 cm³/mol. The van der Waals surface area contributed by atoms with E-state index in [4.69, 9.17) is 4.74 Å². The second-order valence-corrected chi connectivity index (χ2v) is 5.80. The van der Waals surface area contributed by atoms with Gasteiger partial charge in [0.1, 0.15) is 13.2 Å². The predicted octanol–water partition coefficient (Wildman–Crippen LogP) is 2.12. The first-order valence-corrected chi connectivity index (χ1v) is 8.11. The van der Waals surface area contributed by atoms with Gasteiger partial charge in [-0.3, -0.25) is 9.59 Å². The molecule has 0 fully saturated rings. The van der Waals surface area contributed by atoms with Gasteiger partial charge in [0.15, 0.2) is 0 Å². The number of hydrogen-bond donors (Lipinski definition) is 2. The van der Waals surface area contributed by atoms with E-state index in [1.165, 1.54) is 0 Å². The van der Waals surface area contributed by atoms with Crippen LogP contribution >= 0.6 is 0 Å². The van der Waals surface area contributed by atoms with Crippen LogP contribution in [0.4, 0.5) is 4.79 Å². The van der Waals surface area contributed by atoms with Crippen molar-refractivity contribution >= 4 is 18.0 Å². The van der Waals surface area contributed by atoms with Crippen LogP contribution in [0.3, 0.4) is 0 Å². The molecule has 2 N–H and O–H groups in total. The summed E-state index contributed by atoms with van der Waals surface area (Å²) in [4.78, 5) is 38.1. The number of hydroxylamine groups is 1. The summed E-state index contributed by atoms with van der Waals surface area (Å²) in [6.07, 6.45) is -0.718. The number of amides is 2. The number of carbonyl (C=O) groups is 3. The van der Waals surface area contributed by atoms with Crippen molar-refractivity contribution < 1.29 is 24.0 Å². The largest absolute Gasteiger partial charge is 0.449 e. The molecule has 0 aromatic heterocycles. The molecule has 134 valence electrons. The van der Waals surface area contributed by atoms with Crippen LogP contribution in [-0.2, 0) is 19.2 Å². The van der Waals surface area contributed by atoms with Crippen LogP contribution in [0.5, 0.6) is 0 Å². The molecule has 0 bridgehead atoms. The number of hydrogen-bond acceptors (Lipinski definition) is 5. The minimum absolute atomic E-state index is 0.0528. The lowest BCUT2D eigenvalue weighted by molar-refractivity contribution is -0.155. The van der Waals surface area contributed by atoms with Crippen molar-refractivity contribution in [1.29, 1.82) is 0 Å². The van der Waals surface area contributed by atoms with Crippen LogP contribution < -0.4 is 10.8 Å². The summed E-state index contributed by atoms with van der Waals surface area (Å²) in [5.41, 5.74) is 6.39. The standard InChI is InChI=1S/C19H18N2O5/c1-12(22)26-21-18(23)10-20-19(24)25-11-17-15-8-4-2-6-13(15)14-7-3-5-9-16(14)17/h2-9,17H,10-11H2,1H3,(H,20,24)(H,21,23). The quantitative estimate of drug-likeness (QED) is 0.821. The third-order valence-corrected chi connectivity index (χ3v) is 4.05. The molecule has 0 atom stereocenters. The maximum absolute atomic E-state index is 11.8. The zero-order valence-corrected chi connectivity index (χ0v) is 14.2. The average Bonchev–Trinajstić information content (AvgIpc) is 2.97. The highest BCUT2D eigenvalue weighted by Crippen LogP contribution is 2.44. The van der Waals surface area contributed by atoms with E-state index in [9.17, 15) is 14.4 Å². The molecule has 1 aliphatic carbocycles. The smallest absolute Gasteiger partial charge is 0.407 e. The third kappa shape index (κ3) is 3.83. The summed E-state index contributed by atoms with van der Waals surface area (Å²) in [5, 5.41) is 2.31. The minimum Gasteiger partial charge on any atom is -0.449 e. The summed E-state index contributed by atoms with van der Waals surface area (Å²) < 4.78 is 5.28. The van der Waals surface area contributed by atoms with Crippen molar-refractivity contribution in [3.63, 3.8) is 0 Å². The molecular weight excluding hydrogens is 336 g/mol. The van der Waals surface area contributed by atoms with E-state index < -0.39 is 18.0 Å². The summed E-state index contributed by atoms with van der Waals surface area (Å²) in [7, 11) is 0. The van der Waals surface area contributed by atoms with Gasteiger partial charge in [-0.25, -0.2) is 4.79 Å². The highest BCUT2D eigenvalue weighted by molar-refractivity contribution is 5.83. The molecule has 26 heavy (non-hydrogen) atoms. The molecule has 0 unspecified atom stereocenters. The molecule has 7 heteroatoms. The first-order chi connectivity index (χ1) is 12.6. The Bertz CT molecular complexity index is 804. The van der Waals surface area contributed by atoms with Gasteiger partial charge in [-0.2, -0.15) is 5.48 Å². The molecular formula is C19H18N2O5. The molecule has 2 amide bonds. The maximum Gasteiger partial charge on any atom is 0.407 e. The maximum atomic E-state index is 11.8. The fourth-order valence-electron chi connectivity index (χ4n) is 2.97. The topological polar surface area (TPSA) is 93.7 Å². The molecule has 1 aliphatic rings. The number of benzene rings is 2. The minimum atomic E-state index is -0.718. The molecule has 0 saturated heterocycles. The average molecular weight is 354 g/mol. The zero-order valence-electron chi connectivity index (χ0n) is 14.2. The van der Waals surface area contributed by atoms with Crippen LogP contribution in [-0.4, -0.2) is 31.1 Å². The fraction of sp³-hybridized carbons (Fsp3) is 0.211. The van der Waals surface area contributed by atoms with Crippen LogP contribution in [0.1, 0.15) is 24.0 Å². The Morgan fingerprint density at radius 2 is 1.54 bits per heavy atom. The molecule has 0 saturated carbocycles. The van der Waals surface area contributed by atoms with Crippen molar-refractivity contribution in [2.75, 3.05) is 13.2 Å². The first-order valence-electron chi connectivity index (χ1n) is 8.11. The zero-order chi connectivity index (χ0) is 18.5. The van der Waals surface area contributed by atoms with Gasteiger partial charge in [-0.1, -0.05) is 48.5 Å². The molecule has 0 heterocycles. The molecule has 0 spiro atoms. The van der Waals surface area contributed by atoms with Crippen LogP contribution in [0.25, 0.3) is 11.1 Å². The number of rotatable bonds is 4. The van der Waals surface area contributed by atoms with E-state index in [-0.39, 0.29) is 19.1 Å². The van der Waals surface area contributed by atoms with Crippen LogP contribution in [0.2, 0.25) is 0 Å². The van der Waals surface area contributed by atoms with E-state index >= 15 is 0 Å². The normalized spacial score (nSPS) is 11.9. The number of carbonyl (C=O) groups excluding carboxylic acids is 3. The highest BCUT2D eigenvalue weighted by atomic mass is 16.7. The summed E-state index contributed by atoms with van der Waals surface area (Å²) in [6.45, 7) is 0.953. The van der Waals surface area contributed by atoms with E-state index in [2.05, 4.69) is 10.2 Å². The Labute approximate surface area is 150 Å². The van der Waals surface area contributed by atoms with E-state index in [1.807, 2.05) is 54.0 Å². The molecule has 2 aromatic rings. The Hall–Kier alpha value is -3.35. The number of alkyl carbamates (subject to hydrolysis) is 1. The van der Waals surface area contributed by atoms with Crippen LogP contribution in [0, 0.1) is 0 Å². The molecule has 0 radical (unpaired) electrons. The van der Waals surface area contributed by atoms with Gasteiger partial charge in [0, 0.05) is 12.8 Å². The van der Waals surface area contributed by atoms with Crippen molar-refractivity contribution in [2.24, 2.45) is 0 Å². The lowest BCUT2D eigenvalue weighted by Gasteiger charge is -2.14. The molecule has 3 rings (SSSR count). The summed E-state index contributed by atoms with van der Waals surface area (Å²) >= 11 is 0. The SMILES string of the molecule is CC(=O)ONC(=O)CNC(=O)OCC1c2ccccc2-c2ccccc21. The monoisotopic (exact) mass is 354 g/mol. The van der Waals surface area contributed by atoms with E-state index in [1.54, 1.807) is 0 Å². The Morgan fingerprint density at radius 1 is 0.962 bits per heavy atom. The van der Waals surface area contributed by atoms with Gasteiger partial charge in [0.2, 0.25) is 0 Å². The van der Waals surface area contributed by atoms with Crippen molar-refractivity contribution in [3.05, 3.63) is 59.7 Å². The third-order valence-electron chi connectivity index (χ3n) is 4.05. The lowest BCUT2D eigenvalue weighted by Crippen LogP contribution is -2.38. The Kier molecular flexibility index (Phi) is 5.17. The van der Waals surface area contributed by atoms with Crippen molar-refractivity contribution in [2.45, 2.75) is 12.8 Å². The lowest BCUT2D eigenvalue weighted by atomic mass is 9.98. The number of ether oxygens (including phenoxy) is 1. The highest BCUT2D eigenvalue weighted by Gasteiger charge is 2.28. The first kappa shape index (κ1) is 17.5. The Morgan fingerprint density at radius 3 is 2.12 bits per heavy atom. The van der Waals surface area contributed by atoms with Gasteiger partial charge < -0.3 is 14.9 Å². The van der Waals surface area contributed by atoms with Gasteiger partial charge in [0.05, 0.1) is 0 Å².